The molecule has 9 heteroatoms. The zero-order valence-electron chi connectivity index (χ0n) is 19.8. The van der Waals surface area contributed by atoms with Gasteiger partial charge in [0.1, 0.15) is 5.76 Å². The van der Waals surface area contributed by atoms with Crippen molar-refractivity contribution in [2.75, 3.05) is 39.5 Å². The predicted molar refractivity (Wildman–Crippen MR) is 124 cm³/mol. The van der Waals surface area contributed by atoms with Gasteiger partial charge in [0.2, 0.25) is 17.6 Å². The zero-order chi connectivity index (χ0) is 24.0. The van der Waals surface area contributed by atoms with Crippen LogP contribution in [0.1, 0.15) is 31.2 Å². The average Bonchev–Trinajstić information content (AvgIpc) is 3.24. The van der Waals surface area contributed by atoms with E-state index in [1.165, 1.54) is 0 Å². The molecular weight excluding hydrogens is 438 g/mol. The van der Waals surface area contributed by atoms with E-state index in [2.05, 4.69) is 15.6 Å². The third-order valence-corrected chi connectivity index (χ3v) is 6.34. The van der Waals surface area contributed by atoms with Crippen LogP contribution in [-0.4, -0.2) is 62.1 Å². The minimum absolute atomic E-state index is 0.0380. The van der Waals surface area contributed by atoms with Crippen LogP contribution < -0.4 is 10.6 Å². The highest BCUT2D eigenvalue weighted by Gasteiger charge is 2.40. The lowest BCUT2D eigenvalue weighted by molar-refractivity contribution is -0.259. The van der Waals surface area contributed by atoms with Crippen LogP contribution in [0.5, 0.6) is 0 Å². The van der Waals surface area contributed by atoms with Gasteiger partial charge in [0, 0.05) is 37.7 Å². The molecule has 0 radical (unpaired) electrons. The molecule has 0 saturated carbocycles. The highest BCUT2D eigenvalue weighted by molar-refractivity contribution is 5.88. The normalized spacial score (nSPS) is 23.4. The number of ether oxygens (including phenoxy) is 3. The van der Waals surface area contributed by atoms with Crippen molar-refractivity contribution >= 4 is 11.8 Å². The third kappa shape index (κ3) is 6.22. The molecule has 2 aliphatic heterocycles. The van der Waals surface area contributed by atoms with Gasteiger partial charge < -0.3 is 29.3 Å². The number of nitrogens with zero attached hydrogens (tertiary/aromatic N) is 1. The Morgan fingerprint density at radius 1 is 1.06 bits per heavy atom. The SMILES string of the molecule is Cc1oc(-c2ccccc2)nc1CC1COC(C)(C(=O)NCC(=O)NCC2CCOCC2)OC1. The van der Waals surface area contributed by atoms with Crippen LogP contribution >= 0.6 is 0 Å². The molecule has 0 aliphatic carbocycles. The van der Waals surface area contributed by atoms with Crippen molar-refractivity contribution in [3.05, 3.63) is 41.8 Å². The molecule has 2 aromatic rings. The van der Waals surface area contributed by atoms with E-state index in [0.717, 1.165) is 43.1 Å². The van der Waals surface area contributed by atoms with Gasteiger partial charge in [-0.1, -0.05) is 18.2 Å². The molecule has 34 heavy (non-hydrogen) atoms. The first-order valence-electron chi connectivity index (χ1n) is 11.9. The first-order chi connectivity index (χ1) is 16.4. The average molecular weight is 472 g/mol. The first kappa shape index (κ1) is 24.4. The van der Waals surface area contributed by atoms with Crippen LogP contribution in [0, 0.1) is 18.8 Å². The Labute approximate surface area is 199 Å². The minimum atomic E-state index is -1.43. The Kier molecular flexibility index (Phi) is 7.97. The van der Waals surface area contributed by atoms with Gasteiger partial charge in [0.05, 0.1) is 25.5 Å². The summed E-state index contributed by atoms with van der Waals surface area (Å²) in [5.74, 6) is -0.308. The monoisotopic (exact) mass is 471 g/mol. The van der Waals surface area contributed by atoms with Crippen molar-refractivity contribution in [3.8, 4) is 11.5 Å². The summed E-state index contributed by atoms with van der Waals surface area (Å²) < 4.78 is 22.7. The summed E-state index contributed by atoms with van der Waals surface area (Å²) in [6, 6.07) is 9.75. The highest BCUT2D eigenvalue weighted by Crippen LogP contribution is 2.27. The number of oxazole rings is 1. The number of amides is 2. The van der Waals surface area contributed by atoms with Crippen LogP contribution in [0.2, 0.25) is 0 Å². The number of carbonyl (C=O) groups excluding carboxylic acids is 2. The second kappa shape index (κ2) is 11.1. The van der Waals surface area contributed by atoms with Crippen molar-refractivity contribution in [2.45, 2.75) is 38.9 Å². The van der Waals surface area contributed by atoms with E-state index in [1.807, 2.05) is 37.3 Å². The van der Waals surface area contributed by atoms with Gasteiger partial charge in [-0.15, -0.1) is 0 Å². The van der Waals surface area contributed by atoms with Gasteiger partial charge in [-0.25, -0.2) is 4.98 Å². The van der Waals surface area contributed by atoms with Crippen molar-refractivity contribution in [1.29, 1.82) is 0 Å². The van der Waals surface area contributed by atoms with Gasteiger partial charge in [-0.2, -0.15) is 0 Å². The van der Waals surface area contributed by atoms with Crippen molar-refractivity contribution in [2.24, 2.45) is 11.8 Å². The molecule has 0 unspecified atom stereocenters. The van der Waals surface area contributed by atoms with E-state index in [9.17, 15) is 9.59 Å². The molecule has 3 heterocycles. The summed E-state index contributed by atoms with van der Waals surface area (Å²) in [6.45, 7) is 6.09. The van der Waals surface area contributed by atoms with Gasteiger partial charge in [-0.3, -0.25) is 9.59 Å². The Bertz CT molecular complexity index is 962. The smallest absolute Gasteiger partial charge is 0.280 e. The molecule has 0 spiro atoms. The Balaban J connectivity index is 1.21. The summed E-state index contributed by atoms with van der Waals surface area (Å²) >= 11 is 0. The standard InChI is InChI=1S/C25H33N3O6/c1-17-21(28-23(34-17)20-6-4-3-5-7-20)12-19-15-32-25(2,33-16-19)24(30)27-14-22(29)26-13-18-8-10-31-11-9-18/h3-7,18-19H,8-16H2,1-2H3,(H,26,29)(H,27,30). The molecule has 2 saturated heterocycles. The van der Waals surface area contributed by atoms with Crippen molar-refractivity contribution < 1.29 is 28.2 Å². The van der Waals surface area contributed by atoms with Gasteiger partial charge in [-0.05, 0) is 44.7 Å². The fourth-order valence-corrected chi connectivity index (χ4v) is 4.08. The number of aromatic nitrogens is 1. The van der Waals surface area contributed by atoms with E-state index >= 15 is 0 Å². The van der Waals surface area contributed by atoms with Gasteiger partial charge in [0.15, 0.2) is 0 Å². The Morgan fingerprint density at radius 3 is 2.47 bits per heavy atom. The first-order valence-corrected chi connectivity index (χ1v) is 11.9. The molecule has 2 aliphatic rings. The van der Waals surface area contributed by atoms with Crippen molar-refractivity contribution in [1.82, 2.24) is 15.6 Å². The highest BCUT2D eigenvalue weighted by atomic mass is 16.7. The van der Waals surface area contributed by atoms with Crippen LogP contribution in [0.4, 0.5) is 0 Å². The molecule has 2 amide bonds. The molecule has 9 nitrogen and oxygen atoms in total. The lowest BCUT2D eigenvalue weighted by Crippen LogP contribution is -2.54. The maximum atomic E-state index is 12.6. The zero-order valence-corrected chi connectivity index (χ0v) is 19.8. The Hall–Kier alpha value is -2.75. The molecule has 184 valence electrons. The van der Waals surface area contributed by atoms with Crippen molar-refractivity contribution in [3.63, 3.8) is 0 Å². The topological polar surface area (TPSA) is 112 Å². The Morgan fingerprint density at radius 2 is 1.76 bits per heavy atom. The molecular formula is C25H33N3O6. The number of hydrogen-bond acceptors (Lipinski definition) is 7. The minimum Gasteiger partial charge on any atom is -0.441 e. The lowest BCUT2D eigenvalue weighted by Gasteiger charge is -2.36. The summed E-state index contributed by atoms with van der Waals surface area (Å²) in [5, 5.41) is 5.49. The molecule has 0 bridgehead atoms. The van der Waals surface area contributed by atoms with Crippen LogP contribution in [0.15, 0.2) is 34.7 Å². The maximum absolute atomic E-state index is 12.6. The van der Waals surface area contributed by atoms with E-state index in [1.54, 1.807) is 6.92 Å². The maximum Gasteiger partial charge on any atom is 0.280 e. The van der Waals surface area contributed by atoms with Crippen LogP contribution in [0.25, 0.3) is 11.5 Å². The third-order valence-electron chi connectivity index (χ3n) is 6.34. The summed E-state index contributed by atoms with van der Waals surface area (Å²) in [7, 11) is 0. The summed E-state index contributed by atoms with van der Waals surface area (Å²) in [6.07, 6.45) is 2.50. The van der Waals surface area contributed by atoms with Gasteiger partial charge in [0.25, 0.3) is 5.91 Å². The number of aryl methyl sites for hydroxylation is 1. The second-order valence-electron chi connectivity index (χ2n) is 9.07. The lowest BCUT2D eigenvalue weighted by atomic mass is 10.0. The van der Waals surface area contributed by atoms with E-state index in [-0.39, 0.29) is 18.4 Å². The fraction of sp³-hybridized carbons (Fsp3) is 0.560. The number of hydrogen-bond donors (Lipinski definition) is 2. The molecule has 1 aromatic heterocycles. The fourth-order valence-electron chi connectivity index (χ4n) is 4.08. The quantitative estimate of drug-likeness (QED) is 0.607. The van der Waals surface area contributed by atoms with E-state index in [4.69, 9.17) is 18.6 Å². The van der Waals surface area contributed by atoms with Crippen LogP contribution in [0.3, 0.4) is 0 Å². The number of rotatable bonds is 8. The number of benzene rings is 1. The van der Waals surface area contributed by atoms with E-state index < -0.39 is 11.7 Å². The summed E-state index contributed by atoms with van der Waals surface area (Å²) in [5.41, 5.74) is 1.78. The number of nitrogens with one attached hydrogen (secondary N) is 2. The van der Waals surface area contributed by atoms with Crippen LogP contribution in [-0.2, 0) is 30.2 Å². The molecule has 2 fully saturated rings. The molecule has 0 atom stereocenters. The van der Waals surface area contributed by atoms with E-state index in [0.29, 0.717) is 38.0 Å². The van der Waals surface area contributed by atoms with Gasteiger partial charge >= 0.3 is 0 Å². The molecule has 1 aromatic carbocycles. The largest absolute Gasteiger partial charge is 0.441 e. The summed E-state index contributed by atoms with van der Waals surface area (Å²) in [4.78, 5) is 29.4. The predicted octanol–water partition coefficient (Wildman–Crippen LogP) is 2.23. The second-order valence-corrected chi connectivity index (χ2v) is 9.07. The molecule has 2 N–H and O–H groups in total. The number of carbonyl (C=O) groups is 2. The molecule has 4 rings (SSSR count).